The molecule has 0 aliphatic carbocycles. The van der Waals surface area contributed by atoms with E-state index in [2.05, 4.69) is 13.8 Å². The van der Waals surface area contributed by atoms with Crippen molar-refractivity contribution >= 4 is 0 Å². The highest BCUT2D eigenvalue weighted by Gasteiger charge is 2.24. The third kappa shape index (κ3) is 3.93. The van der Waals surface area contributed by atoms with Gasteiger partial charge in [-0.15, -0.1) is 0 Å². The van der Waals surface area contributed by atoms with Gasteiger partial charge in [-0.05, 0) is 30.9 Å². The molecule has 2 unspecified atom stereocenters. The van der Waals surface area contributed by atoms with Crippen LogP contribution in [0.2, 0.25) is 0 Å². The van der Waals surface area contributed by atoms with E-state index in [1.807, 2.05) is 0 Å². The molecule has 0 heterocycles. The lowest BCUT2D eigenvalue weighted by Crippen LogP contribution is -2.30. The predicted molar refractivity (Wildman–Crippen MR) is 64.8 cm³/mol. The molecule has 0 saturated carbocycles. The van der Waals surface area contributed by atoms with Gasteiger partial charge in [-0.1, -0.05) is 38.5 Å². The van der Waals surface area contributed by atoms with E-state index >= 15 is 0 Å². The van der Waals surface area contributed by atoms with E-state index in [0.717, 1.165) is 6.42 Å². The molecule has 90 valence electrons. The second-order valence-corrected chi connectivity index (χ2v) is 4.98. The fourth-order valence-electron chi connectivity index (χ4n) is 2.02. The Morgan fingerprint density at radius 3 is 2.56 bits per heavy atom. The van der Waals surface area contributed by atoms with E-state index in [4.69, 9.17) is 0 Å². The van der Waals surface area contributed by atoms with Gasteiger partial charge >= 0.3 is 0 Å². The SMILES string of the molecule is CCC(C)CC(C)(O)Cc1ccccc1F. The van der Waals surface area contributed by atoms with Crippen molar-refractivity contribution in [1.82, 2.24) is 0 Å². The third-order valence-electron chi connectivity index (χ3n) is 3.01. The first kappa shape index (κ1) is 13.2. The molecule has 1 nitrogen and oxygen atoms in total. The third-order valence-corrected chi connectivity index (χ3v) is 3.01. The molecule has 0 spiro atoms. The van der Waals surface area contributed by atoms with Crippen LogP contribution in [0.4, 0.5) is 4.39 Å². The van der Waals surface area contributed by atoms with Crippen LogP contribution in [0.1, 0.15) is 39.2 Å². The zero-order valence-corrected chi connectivity index (χ0v) is 10.3. The number of benzene rings is 1. The standard InChI is InChI=1S/C14H21FO/c1-4-11(2)9-14(3,16)10-12-7-5-6-8-13(12)15/h5-8,11,16H,4,9-10H2,1-3H3. The van der Waals surface area contributed by atoms with Crippen molar-refractivity contribution in [3.05, 3.63) is 35.6 Å². The van der Waals surface area contributed by atoms with Gasteiger partial charge in [0.1, 0.15) is 5.82 Å². The highest BCUT2D eigenvalue weighted by atomic mass is 19.1. The molecule has 1 rings (SSSR count). The molecule has 0 aliphatic rings. The predicted octanol–water partition coefficient (Wildman–Crippen LogP) is 3.56. The quantitative estimate of drug-likeness (QED) is 0.811. The summed E-state index contributed by atoms with van der Waals surface area (Å²) in [4.78, 5) is 0. The van der Waals surface area contributed by atoms with Gasteiger partial charge in [0.2, 0.25) is 0 Å². The molecule has 0 aliphatic heterocycles. The fourth-order valence-corrected chi connectivity index (χ4v) is 2.02. The minimum Gasteiger partial charge on any atom is -0.390 e. The summed E-state index contributed by atoms with van der Waals surface area (Å²) in [5.41, 5.74) is -0.228. The number of rotatable bonds is 5. The van der Waals surface area contributed by atoms with E-state index in [1.165, 1.54) is 6.07 Å². The number of halogens is 1. The lowest BCUT2D eigenvalue weighted by Gasteiger charge is -2.26. The highest BCUT2D eigenvalue weighted by Crippen LogP contribution is 2.24. The Morgan fingerprint density at radius 1 is 1.38 bits per heavy atom. The summed E-state index contributed by atoms with van der Waals surface area (Å²) in [6.07, 6.45) is 2.12. The first-order chi connectivity index (χ1) is 7.44. The van der Waals surface area contributed by atoms with Crippen molar-refractivity contribution in [2.45, 2.75) is 45.6 Å². The molecule has 0 saturated heterocycles. The molecule has 0 fully saturated rings. The van der Waals surface area contributed by atoms with Crippen molar-refractivity contribution in [1.29, 1.82) is 0 Å². The molecule has 0 bridgehead atoms. The number of aliphatic hydroxyl groups is 1. The van der Waals surface area contributed by atoms with Gasteiger partial charge in [0, 0.05) is 6.42 Å². The first-order valence-electron chi connectivity index (χ1n) is 5.90. The highest BCUT2D eigenvalue weighted by molar-refractivity contribution is 5.19. The summed E-state index contributed by atoms with van der Waals surface area (Å²) in [6.45, 7) is 5.99. The second-order valence-electron chi connectivity index (χ2n) is 4.98. The van der Waals surface area contributed by atoms with E-state index in [1.54, 1.807) is 25.1 Å². The Morgan fingerprint density at radius 2 is 2.00 bits per heavy atom. The van der Waals surface area contributed by atoms with E-state index in [0.29, 0.717) is 24.3 Å². The molecule has 0 radical (unpaired) electrons. The van der Waals surface area contributed by atoms with Crippen LogP contribution in [0.15, 0.2) is 24.3 Å². The Bertz CT molecular complexity index is 333. The Kier molecular flexibility index (Phi) is 4.48. The zero-order valence-electron chi connectivity index (χ0n) is 10.3. The topological polar surface area (TPSA) is 20.2 Å². The zero-order chi connectivity index (χ0) is 12.2. The smallest absolute Gasteiger partial charge is 0.126 e. The first-order valence-corrected chi connectivity index (χ1v) is 5.90. The minimum absolute atomic E-state index is 0.230. The molecular formula is C14H21FO. The Labute approximate surface area is 97.3 Å². The molecule has 2 heteroatoms. The van der Waals surface area contributed by atoms with E-state index < -0.39 is 5.60 Å². The molecule has 0 amide bonds. The number of hydrogen-bond donors (Lipinski definition) is 1. The average Bonchev–Trinajstić information content (AvgIpc) is 2.20. The molecule has 2 atom stereocenters. The summed E-state index contributed by atoms with van der Waals surface area (Å²) in [5.74, 6) is 0.230. The summed E-state index contributed by atoms with van der Waals surface area (Å²) in [5, 5.41) is 10.2. The van der Waals surface area contributed by atoms with Crippen molar-refractivity contribution in [2.75, 3.05) is 0 Å². The van der Waals surface area contributed by atoms with Crippen molar-refractivity contribution in [3.63, 3.8) is 0 Å². The molecule has 1 aromatic carbocycles. The van der Waals surface area contributed by atoms with E-state index in [-0.39, 0.29) is 5.82 Å². The van der Waals surface area contributed by atoms with Crippen LogP contribution < -0.4 is 0 Å². The van der Waals surface area contributed by atoms with Crippen LogP contribution in [-0.4, -0.2) is 10.7 Å². The van der Waals surface area contributed by atoms with Crippen LogP contribution in [0, 0.1) is 11.7 Å². The van der Waals surface area contributed by atoms with Gasteiger partial charge in [0.25, 0.3) is 0 Å². The summed E-state index contributed by atoms with van der Waals surface area (Å²) >= 11 is 0. The maximum absolute atomic E-state index is 13.4. The maximum atomic E-state index is 13.4. The Balaban J connectivity index is 2.69. The number of hydrogen-bond acceptors (Lipinski definition) is 1. The summed E-state index contributed by atoms with van der Waals surface area (Å²) < 4.78 is 13.4. The van der Waals surface area contributed by atoms with Gasteiger partial charge in [-0.2, -0.15) is 0 Å². The summed E-state index contributed by atoms with van der Waals surface area (Å²) in [7, 11) is 0. The van der Waals surface area contributed by atoms with Crippen LogP contribution >= 0.6 is 0 Å². The molecule has 1 N–H and O–H groups in total. The van der Waals surface area contributed by atoms with Gasteiger partial charge < -0.3 is 5.11 Å². The van der Waals surface area contributed by atoms with Crippen LogP contribution in [0.25, 0.3) is 0 Å². The summed E-state index contributed by atoms with van der Waals surface area (Å²) in [6, 6.07) is 6.65. The maximum Gasteiger partial charge on any atom is 0.126 e. The molecule has 0 aromatic heterocycles. The lowest BCUT2D eigenvalue weighted by atomic mass is 9.86. The van der Waals surface area contributed by atoms with Gasteiger partial charge in [0.15, 0.2) is 0 Å². The van der Waals surface area contributed by atoms with Gasteiger partial charge in [-0.25, -0.2) is 4.39 Å². The second kappa shape index (κ2) is 5.44. The van der Waals surface area contributed by atoms with E-state index in [9.17, 15) is 9.50 Å². The molecule has 16 heavy (non-hydrogen) atoms. The van der Waals surface area contributed by atoms with Gasteiger partial charge in [-0.3, -0.25) is 0 Å². The van der Waals surface area contributed by atoms with Crippen LogP contribution in [0.5, 0.6) is 0 Å². The minimum atomic E-state index is -0.822. The van der Waals surface area contributed by atoms with Crippen molar-refractivity contribution in [2.24, 2.45) is 5.92 Å². The largest absolute Gasteiger partial charge is 0.390 e. The lowest BCUT2D eigenvalue weighted by molar-refractivity contribution is 0.0351. The average molecular weight is 224 g/mol. The van der Waals surface area contributed by atoms with Crippen LogP contribution in [0.3, 0.4) is 0 Å². The van der Waals surface area contributed by atoms with Gasteiger partial charge in [0.05, 0.1) is 5.60 Å². The Hall–Kier alpha value is -0.890. The molecular weight excluding hydrogens is 203 g/mol. The normalized spacial score (nSPS) is 16.8. The monoisotopic (exact) mass is 224 g/mol. The fraction of sp³-hybridized carbons (Fsp3) is 0.571. The molecule has 1 aromatic rings. The van der Waals surface area contributed by atoms with Crippen molar-refractivity contribution in [3.8, 4) is 0 Å². The van der Waals surface area contributed by atoms with Crippen molar-refractivity contribution < 1.29 is 9.50 Å². The van der Waals surface area contributed by atoms with Crippen LogP contribution in [-0.2, 0) is 6.42 Å².